The first kappa shape index (κ1) is 16.8. The zero-order chi connectivity index (χ0) is 16.1. The van der Waals surface area contributed by atoms with Gasteiger partial charge in [0.2, 0.25) is 0 Å². The molecular formula is C15H17BrClN3O2. The Labute approximate surface area is 142 Å². The van der Waals surface area contributed by atoms with Crippen LogP contribution in [0.5, 0.6) is 5.75 Å². The van der Waals surface area contributed by atoms with Crippen LogP contribution in [-0.2, 0) is 6.54 Å². The standard InChI is InChI=1S/C15H17BrClN3O2/c1-10-13(16)9-20(19-10)7-3-6-18-15(21)12-8-11(17)4-5-14(12)22-2/h4-5,8-9H,3,6-7H2,1-2H3,(H,18,21). The molecule has 0 spiro atoms. The number of hydrogen-bond donors (Lipinski definition) is 1. The molecule has 7 heteroatoms. The predicted molar refractivity (Wildman–Crippen MR) is 89.6 cm³/mol. The minimum Gasteiger partial charge on any atom is -0.496 e. The molecule has 0 aliphatic rings. The Morgan fingerprint density at radius 1 is 1.50 bits per heavy atom. The van der Waals surface area contributed by atoms with Crippen LogP contribution in [0.25, 0.3) is 0 Å². The zero-order valence-electron chi connectivity index (χ0n) is 12.4. The molecule has 0 unspecified atom stereocenters. The summed E-state index contributed by atoms with van der Waals surface area (Å²) >= 11 is 9.35. The second-order valence-electron chi connectivity index (χ2n) is 4.78. The summed E-state index contributed by atoms with van der Waals surface area (Å²) in [6.07, 6.45) is 2.71. The highest BCUT2D eigenvalue weighted by molar-refractivity contribution is 9.10. The third kappa shape index (κ3) is 4.24. The number of carbonyl (C=O) groups excluding carboxylic acids is 1. The van der Waals surface area contributed by atoms with Gasteiger partial charge in [0.1, 0.15) is 5.75 Å². The van der Waals surface area contributed by atoms with Gasteiger partial charge in [0.05, 0.1) is 22.8 Å². The molecule has 118 valence electrons. The third-order valence-corrected chi connectivity index (χ3v) is 4.16. The lowest BCUT2D eigenvalue weighted by Crippen LogP contribution is -2.25. The van der Waals surface area contributed by atoms with Gasteiger partial charge in [-0.2, -0.15) is 5.10 Å². The van der Waals surface area contributed by atoms with Crippen LogP contribution in [0, 0.1) is 6.92 Å². The van der Waals surface area contributed by atoms with Gasteiger partial charge in [-0.25, -0.2) is 0 Å². The highest BCUT2D eigenvalue weighted by Crippen LogP contribution is 2.22. The van der Waals surface area contributed by atoms with Crippen LogP contribution >= 0.6 is 27.5 Å². The number of aryl methyl sites for hydroxylation is 2. The Balaban J connectivity index is 1.86. The normalized spacial score (nSPS) is 10.5. The minimum atomic E-state index is -0.197. The number of amides is 1. The van der Waals surface area contributed by atoms with Crippen molar-refractivity contribution in [2.75, 3.05) is 13.7 Å². The monoisotopic (exact) mass is 385 g/mol. The van der Waals surface area contributed by atoms with E-state index in [1.807, 2.05) is 17.8 Å². The van der Waals surface area contributed by atoms with Crippen molar-refractivity contribution in [1.82, 2.24) is 15.1 Å². The molecular weight excluding hydrogens is 370 g/mol. The Bertz CT molecular complexity index is 653. The smallest absolute Gasteiger partial charge is 0.255 e. The van der Waals surface area contributed by atoms with Gasteiger partial charge in [-0.3, -0.25) is 9.48 Å². The first-order valence-corrected chi connectivity index (χ1v) is 7.99. The van der Waals surface area contributed by atoms with Crippen LogP contribution in [-0.4, -0.2) is 29.3 Å². The summed E-state index contributed by atoms with van der Waals surface area (Å²) in [6, 6.07) is 4.97. The van der Waals surface area contributed by atoms with Crippen molar-refractivity contribution in [3.63, 3.8) is 0 Å². The summed E-state index contributed by atoms with van der Waals surface area (Å²) < 4.78 is 8.01. The number of ether oxygens (including phenoxy) is 1. The van der Waals surface area contributed by atoms with Crippen LogP contribution < -0.4 is 10.1 Å². The van der Waals surface area contributed by atoms with Gasteiger partial charge in [-0.1, -0.05) is 11.6 Å². The van der Waals surface area contributed by atoms with Gasteiger partial charge in [0.15, 0.2) is 0 Å². The lowest BCUT2D eigenvalue weighted by Gasteiger charge is -2.09. The van der Waals surface area contributed by atoms with E-state index in [4.69, 9.17) is 16.3 Å². The molecule has 1 aromatic heterocycles. The van der Waals surface area contributed by atoms with Gasteiger partial charge in [-0.15, -0.1) is 0 Å². The van der Waals surface area contributed by atoms with E-state index in [1.54, 1.807) is 18.2 Å². The molecule has 0 aliphatic heterocycles. The largest absolute Gasteiger partial charge is 0.496 e. The summed E-state index contributed by atoms with van der Waals surface area (Å²) in [4.78, 5) is 12.2. The Morgan fingerprint density at radius 3 is 2.91 bits per heavy atom. The first-order valence-electron chi connectivity index (χ1n) is 6.82. The van der Waals surface area contributed by atoms with Crippen LogP contribution in [0.1, 0.15) is 22.5 Å². The highest BCUT2D eigenvalue weighted by atomic mass is 79.9. The Hall–Kier alpha value is -1.53. The summed E-state index contributed by atoms with van der Waals surface area (Å²) in [7, 11) is 1.53. The van der Waals surface area contributed by atoms with Crippen molar-refractivity contribution < 1.29 is 9.53 Å². The third-order valence-electron chi connectivity index (χ3n) is 3.14. The number of hydrogen-bond acceptors (Lipinski definition) is 3. The summed E-state index contributed by atoms with van der Waals surface area (Å²) in [6.45, 7) is 3.22. The molecule has 0 saturated carbocycles. The van der Waals surface area contributed by atoms with Crippen LogP contribution in [0.4, 0.5) is 0 Å². The molecule has 5 nitrogen and oxygen atoms in total. The fourth-order valence-corrected chi connectivity index (χ4v) is 2.49. The van der Waals surface area contributed by atoms with Crippen LogP contribution in [0.2, 0.25) is 5.02 Å². The number of carbonyl (C=O) groups is 1. The van der Waals surface area contributed by atoms with E-state index in [0.717, 1.165) is 23.1 Å². The van der Waals surface area contributed by atoms with E-state index in [2.05, 4.69) is 26.3 Å². The maximum atomic E-state index is 12.2. The Morgan fingerprint density at radius 2 is 2.27 bits per heavy atom. The van der Waals surface area contributed by atoms with Crippen molar-refractivity contribution in [1.29, 1.82) is 0 Å². The molecule has 0 saturated heterocycles. The number of rotatable bonds is 6. The molecule has 1 N–H and O–H groups in total. The van der Waals surface area contributed by atoms with Crippen molar-refractivity contribution in [3.05, 3.63) is 45.1 Å². The van der Waals surface area contributed by atoms with Gasteiger partial charge in [0.25, 0.3) is 5.91 Å². The molecule has 1 aromatic carbocycles. The molecule has 0 fully saturated rings. The quantitative estimate of drug-likeness (QED) is 0.774. The SMILES string of the molecule is COc1ccc(Cl)cc1C(=O)NCCCn1cc(Br)c(C)n1. The number of methoxy groups -OCH3 is 1. The summed E-state index contributed by atoms with van der Waals surface area (Å²) in [5, 5.41) is 7.71. The highest BCUT2D eigenvalue weighted by Gasteiger charge is 2.12. The van der Waals surface area contributed by atoms with E-state index in [-0.39, 0.29) is 5.91 Å². The summed E-state index contributed by atoms with van der Waals surface area (Å²) in [5.74, 6) is 0.311. The van der Waals surface area contributed by atoms with Gasteiger partial charge < -0.3 is 10.1 Å². The fraction of sp³-hybridized carbons (Fsp3) is 0.333. The second kappa shape index (κ2) is 7.65. The van der Waals surface area contributed by atoms with Crippen molar-refractivity contribution >= 4 is 33.4 Å². The van der Waals surface area contributed by atoms with Crippen molar-refractivity contribution in [2.45, 2.75) is 19.9 Å². The van der Waals surface area contributed by atoms with E-state index < -0.39 is 0 Å². The minimum absolute atomic E-state index is 0.197. The maximum Gasteiger partial charge on any atom is 0.255 e. The maximum absolute atomic E-state index is 12.2. The Kier molecular flexibility index (Phi) is 5.85. The van der Waals surface area contributed by atoms with E-state index in [0.29, 0.717) is 22.9 Å². The molecule has 1 amide bonds. The number of benzene rings is 1. The topological polar surface area (TPSA) is 56.1 Å². The van der Waals surface area contributed by atoms with Crippen LogP contribution in [0.3, 0.4) is 0 Å². The average molecular weight is 387 g/mol. The van der Waals surface area contributed by atoms with Gasteiger partial charge in [-0.05, 0) is 47.5 Å². The van der Waals surface area contributed by atoms with E-state index in [1.165, 1.54) is 7.11 Å². The lowest BCUT2D eigenvalue weighted by molar-refractivity contribution is 0.0949. The van der Waals surface area contributed by atoms with Crippen molar-refractivity contribution in [3.8, 4) is 5.75 Å². The van der Waals surface area contributed by atoms with Crippen molar-refractivity contribution in [2.24, 2.45) is 0 Å². The van der Waals surface area contributed by atoms with Gasteiger partial charge >= 0.3 is 0 Å². The number of nitrogens with one attached hydrogen (secondary N) is 1. The van der Waals surface area contributed by atoms with E-state index >= 15 is 0 Å². The fourth-order valence-electron chi connectivity index (χ4n) is 2.00. The number of nitrogens with zero attached hydrogens (tertiary/aromatic N) is 2. The molecule has 22 heavy (non-hydrogen) atoms. The lowest BCUT2D eigenvalue weighted by atomic mass is 10.2. The summed E-state index contributed by atoms with van der Waals surface area (Å²) in [5.41, 5.74) is 1.39. The molecule has 1 heterocycles. The molecule has 0 aliphatic carbocycles. The zero-order valence-corrected chi connectivity index (χ0v) is 14.7. The predicted octanol–water partition coefficient (Wildman–Crippen LogP) is 3.44. The second-order valence-corrected chi connectivity index (χ2v) is 6.07. The number of aromatic nitrogens is 2. The first-order chi connectivity index (χ1) is 10.5. The molecule has 0 atom stereocenters. The van der Waals surface area contributed by atoms with Gasteiger partial charge in [0, 0.05) is 24.3 Å². The molecule has 2 rings (SSSR count). The average Bonchev–Trinajstić information content (AvgIpc) is 2.82. The molecule has 2 aromatic rings. The van der Waals surface area contributed by atoms with Crippen LogP contribution in [0.15, 0.2) is 28.9 Å². The molecule has 0 bridgehead atoms. The number of halogens is 2. The van der Waals surface area contributed by atoms with E-state index in [9.17, 15) is 4.79 Å². The molecule has 0 radical (unpaired) electrons.